The second-order valence-electron chi connectivity index (χ2n) is 2.69. The summed E-state index contributed by atoms with van der Waals surface area (Å²) in [7, 11) is 0. The third-order valence-corrected chi connectivity index (χ3v) is 1.84. The molecule has 68 valence electrons. The molecule has 1 aliphatic rings. The van der Waals surface area contributed by atoms with E-state index in [9.17, 15) is 0 Å². The first-order valence-corrected chi connectivity index (χ1v) is 3.42. The molecule has 3 N–H and O–H groups in total. The molecule has 0 bridgehead atoms. The van der Waals surface area contributed by atoms with Crippen LogP contribution >= 0.6 is 12.4 Å². The molecule has 0 radical (unpaired) electrons. The molecule has 1 unspecified atom stereocenters. The summed E-state index contributed by atoms with van der Waals surface area (Å²) in [6, 6.07) is 0. The zero-order valence-electron chi connectivity index (χ0n) is 6.36. The number of aromatic amines is 1. The van der Waals surface area contributed by atoms with Gasteiger partial charge in [0.05, 0.1) is 6.61 Å². The average Bonchev–Trinajstić information content (AvgIpc) is 2.55. The van der Waals surface area contributed by atoms with Gasteiger partial charge in [0.15, 0.2) is 5.82 Å². The van der Waals surface area contributed by atoms with E-state index in [0.29, 0.717) is 19.0 Å². The third-order valence-electron chi connectivity index (χ3n) is 1.84. The summed E-state index contributed by atoms with van der Waals surface area (Å²) in [6.45, 7) is 1.15. The Morgan fingerprint density at radius 2 is 2.42 bits per heavy atom. The Bertz CT molecular complexity index is 232. The van der Waals surface area contributed by atoms with E-state index in [2.05, 4.69) is 20.6 Å². The number of rotatable bonds is 1. The van der Waals surface area contributed by atoms with Crippen molar-refractivity contribution in [1.29, 1.82) is 0 Å². The van der Waals surface area contributed by atoms with E-state index < -0.39 is 5.54 Å². The van der Waals surface area contributed by atoms with Crippen molar-refractivity contribution in [2.24, 2.45) is 5.73 Å². The number of nitrogens with one attached hydrogen (secondary N) is 1. The van der Waals surface area contributed by atoms with Crippen molar-refractivity contribution in [2.75, 3.05) is 13.2 Å². The van der Waals surface area contributed by atoms with Crippen LogP contribution in [0.15, 0.2) is 0 Å². The molecule has 6 nitrogen and oxygen atoms in total. The molecule has 0 aromatic carbocycles. The van der Waals surface area contributed by atoms with Gasteiger partial charge in [0.2, 0.25) is 0 Å². The number of H-pyrrole nitrogens is 1. The summed E-state index contributed by atoms with van der Waals surface area (Å²) in [5.41, 5.74) is 5.39. The van der Waals surface area contributed by atoms with E-state index in [1.165, 1.54) is 0 Å². The van der Waals surface area contributed by atoms with Gasteiger partial charge in [-0.05, 0) is 6.42 Å². The minimum atomic E-state index is -0.521. The van der Waals surface area contributed by atoms with Gasteiger partial charge in [-0.3, -0.25) is 0 Å². The number of hydrogen-bond donors (Lipinski definition) is 2. The van der Waals surface area contributed by atoms with E-state index in [1.54, 1.807) is 0 Å². The summed E-state index contributed by atoms with van der Waals surface area (Å²) in [6.07, 6.45) is 0.756. The Morgan fingerprint density at radius 3 is 2.92 bits per heavy atom. The van der Waals surface area contributed by atoms with Crippen molar-refractivity contribution in [2.45, 2.75) is 12.0 Å². The van der Waals surface area contributed by atoms with Gasteiger partial charge in [-0.15, -0.1) is 22.6 Å². The van der Waals surface area contributed by atoms with Crippen LogP contribution in [0, 0.1) is 0 Å². The Hall–Kier alpha value is -0.720. The number of hydrogen-bond acceptors (Lipinski definition) is 5. The molecule has 1 aromatic rings. The highest BCUT2D eigenvalue weighted by Crippen LogP contribution is 2.23. The maximum Gasteiger partial charge on any atom is 0.196 e. The van der Waals surface area contributed by atoms with Gasteiger partial charge in [-0.2, -0.15) is 5.21 Å². The van der Waals surface area contributed by atoms with Gasteiger partial charge in [0, 0.05) is 6.61 Å². The lowest BCUT2D eigenvalue weighted by Gasteiger charge is -2.15. The second-order valence-corrected chi connectivity index (χ2v) is 2.69. The fraction of sp³-hybridized carbons (Fsp3) is 0.800. The molecule has 0 amide bonds. The topological polar surface area (TPSA) is 89.7 Å². The molecule has 7 heteroatoms. The highest BCUT2D eigenvalue weighted by atomic mass is 35.5. The lowest BCUT2D eigenvalue weighted by atomic mass is 10.0. The predicted octanol–water partition coefficient (Wildman–Crippen LogP) is -0.804. The summed E-state index contributed by atoms with van der Waals surface area (Å²) in [4.78, 5) is 0. The van der Waals surface area contributed by atoms with Crippen molar-refractivity contribution in [3.8, 4) is 0 Å². The minimum absolute atomic E-state index is 0. The van der Waals surface area contributed by atoms with Gasteiger partial charge in [-0.1, -0.05) is 5.21 Å². The molecule has 2 rings (SSSR count). The fourth-order valence-corrected chi connectivity index (χ4v) is 1.13. The first kappa shape index (κ1) is 9.37. The van der Waals surface area contributed by atoms with Crippen LogP contribution in [-0.2, 0) is 10.3 Å². The molecular formula is C5H10ClN5O. The van der Waals surface area contributed by atoms with Gasteiger partial charge < -0.3 is 10.5 Å². The Morgan fingerprint density at radius 1 is 1.58 bits per heavy atom. The van der Waals surface area contributed by atoms with Gasteiger partial charge in [0.25, 0.3) is 0 Å². The predicted molar refractivity (Wildman–Crippen MR) is 42.7 cm³/mol. The van der Waals surface area contributed by atoms with Crippen molar-refractivity contribution in [3.05, 3.63) is 5.82 Å². The highest BCUT2D eigenvalue weighted by molar-refractivity contribution is 5.85. The summed E-state index contributed by atoms with van der Waals surface area (Å²) in [5, 5.41) is 13.4. The standard InChI is InChI=1S/C5H9N5O.ClH/c6-5(1-2-11-3-5)4-7-9-10-8-4;/h1-3,6H2,(H,7,8,9,10);1H. The van der Waals surface area contributed by atoms with E-state index >= 15 is 0 Å². The molecule has 0 saturated carbocycles. The van der Waals surface area contributed by atoms with E-state index in [0.717, 1.165) is 6.42 Å². The van der Waals surface area contributed by atoms with Crippen LogP contribution in [0.4, 0.5) is 0 Å². The molecular weight excluding hydrogens is 182 g/mol. The fourth-order valence-electron chi connectivity index (χ4n) is 1.13. The van der Waals surface area contributed by atoms with Gasteiger partial charge >= 0.3 is 0 Å². The van der Waals surface area contributed by atoms with Crippen molar-refractivity contribution in [1.82, 2.24) is 20.6 Å². The van der Waals surface area contributed by atoms with Crippen LogP contribution in [0.25, 0.3) is 0 Å². The van der Waals surface area contributed by atoms with Crippen LogP contribution in [-0.4, -0.2) is 33.8 Å². The molecule has 1 atom stereocenters. The molecule has 0 aliphatic carbocycles. The van der Waals surface area contributed by atoms with Gasteiger partial charge in [-0.25, -0.2) is 0 Å². The molecule has 0 spiro atoms. The number of halogens is 1. The maximum absolute atomic E-state index is 5.91. The summed E-state index contributed by atoms with van der Waals surface area (Å²) in [5.74, 6) is 0.537. The highest BCUT2D eigenvalue weighted by Gasteiger charge is 2.36. The molecule has 1 fully saturated rings. The second kappa shape index (κ2) is 3.34. The molecule has 1 aromatic heterocycles. The van der Waals surface area contributed by atoms with Crippen molar-refractivity contribution < 1.29 is 4.74 Å². The normalized spacial score (nSPS) is 28.4. The number of nitrogens with zero attached hydrogens (tertiary/aromatic N) is 3. The van der Waals surface area contributed by atoms with Gasteiger partial charge in [0.1, 0.15) is 5.54 Å². The molecule has 12 heavy (non-hydrogen) atoms. The van der Waals surface area contributed by atoms with E-state index in [1.807, 2.05) is 0 Å². The lowest BCUT2D eigenvalue weighted by Crippen LogP contribution is -2.38. The van der Waals surface area contributed by atoms with Crippen LogP contribution in [0.5, 0.6) is 0 Å². The smallest absolute Gasteiger partial charge is 0.196 e. The van der Waals surface area contributed by atoms with Crippen LogP contribution in [0.3, 0.4) is 0 Å². The Kier molecular flexibility index (Phi) is 2.61. The van der Waals surface area contributed by atoms with Crippen LogP contribution < -0.4 is 5.73 Å². The minimum Gasteiger partial charge on any atom is -0.379 e. The van der Waals surface area contributed by atoms with E-state index in [4.69, 9.17) is 10.5 Å². The molecule has 2 heterocycles. The first-order valence-electron chi connectivity index (χ1n) is 3.42. The zero-order valence-corrected chi connectivity index (χ0v) is 7.17. The SMILES string of the molecule is Cl.NC1(c2nn[nH]n2)CCOC1. The molecule has 1 saturated heterocycles. The Balaban J connectivity index is 0.000000720. The number of nitrogens with two attached hydrogens (primary N) is 1. The van der Waals surface area contributed by atoms with Crippen molar-refractivity contribution >= 4 is 12.4 Å². The number of ether oxygens (including phenoxy) is 1. The summed E-state index contributed by atoms with van der Waals surface area (Å²) >= 11 is 0. The van der Waals surface area contributed by atoms with E-state index in [-0.39, 0.29) is 12.4 Å². The van der Waals surface area contributed by atoms with Crippen molar-refractivity contribution in [3.63, 3.8) is 0 Å². The summed E-state index contributed by atoms with van der Waals surface area (Å²) < 4.78 is 5.14. The largest absolute Gasteiger partial charge is 0.379 e. The maximum atomic E-state index is 5.91. The zero-order chi connectivity index (χ0) is 7.73. The first-order chi connectivity index (χ1) is 5.31. The van der Waals surface area contributed by atoms with Crippen LogP contribution in [0.2, 0.25) is 0 Å². The monoisotopic (exact) mass is 191 g/mol. The third kappa shape index (κ3) is 1.40. The van der Waals surface area contributed by atoms with Crippen LogP contribution in [0.1, 0.15) is 12.2 Å². The quantitative estimate of drug-likeness (QED) is 0.607. The molecule has 1 aliphatic heterocycles. The number of tetrazole rings is 1. The average molecular weight is 192 g/mol. The number of aromatic nitrogens is 4. The lowest BCUT2D eigenvalue weighted by molar-refractivity contribution is 0.176. The Labute approximate surface area is 75.3 Å².